The fraction of sp³-hybridized carbons (Fsp3) is 0.333. The summed E-state index contributed by atoms with van der Waals surface area (Å²) >= 11 is 0. The van der Waals surface area contributed by atoms with Gasteiger partial charge >= 0.3 is 5.97 Å². The van der Waals surface area contributed by atoms with Crippen molar-refractivity contribution in [1.29, 1.82) is 0 Å². The van der Waals surface area contributed by atoms with E-state index in [1.165, 1.54) is 0 Å². The summed E-state index contributed by atoms with van der Waals surface area (Å²) in [7, 11) is 0. The number of rotatable bonds is 5. The number of fused-ring (bicyclic) bond motifs is 1. The molecule has 152 valence electrons. The van der Waals surface area contributed by atoms with Gasteiger partial charge in [0.25, 0.3) is 5.91 Å². The van der Waals surface area contributed by atoms with Crippen molar-refractivity contribution >= 4 is 23.3 Å². The number of anilines is 2. The summed E-state index contributed by atoms with van der Waals surface area (Å²) in [5, 5.41) is 2.83. The molecule has 2 aromatic carbocycles. The highest BCUT2D eigenvalue weighted by Crippen LogP contribution is 2.33. The number of nitrogens with one attached hydrogen (secondary N) is 1. The maximum Gasteiger partial charge on any atom is 0.340 e. The van der Waals surface area contributed by atoms with Crippen molar-refractivity contribution in [2.24, 2.45) is 0 Å². The average molecular weight is 398 g/mol. The molecule has 1 N–H and O–H groups in total. The van der Waals surface area contributed by atoms with Crippen molar-refractivity contribution in [1.82, 2.24) is 0 Å². The minimum atomic E-state index is -0.423. The molecule has 2 aromatic rings. The molecule has 1 amide bonds. The van der Waals surface area contributed by atoms with E-state index in [4.69, 9.17) is 18.9 Å². The van der Waals surface area contributed by atoms with Gasteiger partial charge in [0.05, 0.1) is 31.1 Å². The average Bonchev–Trinajstić information content (AvgIpc) is 3.22. The summed E-state index contributed by atoms with van der Waals surface area (Å²) in [6.07, 6.45) is 0. The second-order valence-corrected chi connectivity index (χ2v) is 6.57. The predicted molar refractivity (Wildman–Crippen MR) is 106 cm³/mol. The maximum atomic E-state index is 12.7. The van der Waals surface area contributed by atoms with Crippen molar-refractivity contribution in [3.8, 4) is 11.5 Å². The van der Waals surface area contributed by atoms with Crippen LogP contribution in [0.5, 0.6) is 11.5 Å². The largest absolute Gasteiger partial charge is 0.462 e. The maximum absolute atomic E-state index is 12.7. The normalized spacial score (nSPS) is 15.1. The SMILES string of the molecule is CCOC(=O)c1cc(NC(=O)c2ccc3c(c2)OCO3)ccc1N1CCOCC1. The third-order valence-electron chi connectivity index (χ3n) is 4.74. The zero-order valence-corrected chi connectivity index (χ0v) is 16.1. The third kappa shape index (κ3) is 4.12. The van der Waals surface area contributed by atoms with Crippen LogP contribution >= 0.6 is 0 Å². The van der Waals surface area contributed by atoms with E-state index in [-0.39, 0.29) is 19.3 Å². The Hall–Kier alpha value is -3.26. The van der Waals surface area contributed by atoms with E-state index in [9.17, 15) is 9.59 Å². The Morgan fingerprint density at radius 2 is 1.86 bits per heavy atom. The lowest BCUT2D eigenvalue weighted by molar-refractivity contribution is 0.0526. The van der Waals surface area contributed by atoms with Crippen molar-refractivity contribution in [2.75, 3.05) is 49.9 Å². The summed E-state index contributed by atoms with van der Waals surface area (Å²) < 4.78 is 21.2. The minimum absolute atomic E-state index is 0.145. The van der Waals surface area contributed by atoms with Crippen LogP contribution in [0.3, 0.4) is 0 Å². The van der Waals surface area contributed by atoms with E-state index in [1.807, 2.05) is 6.07 Å². The fourth-order valence-corrected chi connectivity index (χ4v) is 3.31. The summed E-state index contributed by atoms with van der Waals surface area (Å²) in [5.41, 5.74) is 2.13. The van der Waals surface area contributed by atoms with Gasteiger partial charge in [-0.25, -0.2) is 4.79 Å². The number of hydrogen-bond donors (Lipinski definition) is 1. The van der Waals surface area contributed by atoms with Crippen LogP contribution in [0.2, 0.25) is 0 Å². The van der Waals surface area contributed by atoms with Gasteiger partial charge in [-0.2, -0.15) is 0 Å². The Labute approximate surface area is 168 Å². The lowest BCUT2D eigenvalue weighted by Crippen LogP contribution is -2.37. The van der Waals surface area contributed by atoms with Crippen LogP contribution in [-0.2, 0) is 9.47 Å². The number of morpholine rings is 1. The zero-order valence-electron chi connectivity index (χ0n) is 16.1. The number of nitrogens with zero attached hydrogens (tertiary/aromatic N) is 1. The Morgan fingerprint density at radius 3 is 2.66 bits per heavy atom. The van der Waals surface area contributed by atoms with Gasteiger partial charge in [-0.1, -0.05) is 0 Å². The molecule has 0 spiro atoms. The van der Waals surface area contributed by atoms with Gasteiger partial charge in [0.1, 0.15) is 0 Å². The number of amides is 1. The molecular formula is C21H22N2O6. The van der Waals surface area contributed by atoms with E-state index in [1.54, 1.807) is 37.3 Å². The highest BCUT2D eigenvalue weighted by molar-refractivity contribution is 6.06. The molecular weight excluding hydrogens is 376 g/mol. The van der Waals surface area contributed by atoms with Crippen LogP contribution < -0.4 is 19.7 Å². The molecule has 1 saturated heterocycles. The monoisotopic (exact) mass is 398 g/mol. The molecule has 0 atom stereocenters. The van der Waals surface area contributed by atoms with E-state index in [2.05, 4.69) is 10.2 Å². The predicted octanol–water partition coefficient (Wildman–Crippen LogP) is 2.68. The quantitative estimate of drug-likeness (QED) is 0.775. The first-order valence-electron chi connectivity index (χ1n) is 9.50. The van der Waals surface area contributed by atoms with E-state index < -0.39 is 5.97 Å². The molecule has 0 aliphatic carbocycles. The molecule has 4 rings (SSSR count). The van der Waals surface area contributed by atoms with Crippen molar-refractivity contribution in [3.05, 3.63) is 47.5 Å². The topological polar surface area (TPSA) is 86.3 Å². The third-order valence-corrected chi connectivity index (χ3v) is 4.74. The van der Waals surface area contributed by atoms with Crippen LogP contribution in [0.4, 0.5) is 11.4 Å². The molecule has 1 fully saturated rings. The van der Waals surface area contributed by atoms with E-state index in [0.717, 1.165) is 5.69 Å². The molecule has 0 unspecified atom stereocenters. The number of ether oxygens (including phenoxy) is 4. The van der Waals surface area contributed by atoms with Crippen LogP contribution in [0.25, 0.3) is 0 Å². The lowest BCUT2D eigenvalue weighted by atomic mass is 10.1. The Bertz CT molecular complexity index is 923. The molecule has 2 aliphatic rings. The minimum Gasteiger partial charge on any atom is -0.462 e. The highest BCUT2D eigenvalue weighted by atomic mass is 16.7. The lowest BCUT2D eigenvalue weighted by Gasteiger charge is -2.30. The summed E-state index contributed by atoms with van der Waals surface area (Å²) in [6.45, 7) is 4.76. The first kappa shape index (κ1) is 19.1. The number of carbonyl (C=O) groups is 2. The summed E-state index contributed by atoms with van der Waals surface area (Å²) in [6, 6.07) is 10.2. The molecule has 29 heavy (non-hydrogen) atoms. The standard InChI is InChI=1S/C21H22N2O6/c1-2-27-21(25)16-12-15(4-5-17(16)23-7-9-26-10-8-23)22-20(24)14-3-6-18-19(11-14)29-13-28-18/h3-6,11-12H,2,7-10,13H2,1H3,(H,22,24). The number of benzene rings is 2. The van der Waals surface area contributed by atoms with Crippen LogP contribution in [-0.4, -0.2) is 51.6 Å². The Kier molecular flexibility index (Phi) is 5.53. The van der Waals surface area contributed by atoms with Gasteiger partial charge in [-0.05, 0) is 43.3 Å². The molecule has 2 heterocycles. The van der Waals surface area contributed by atoms with Crippen LogP contribution in [0, 0.1) is 0 Å². The van der Waals surface area contributed by atoms with E-state index in [0.29, 0.717) is 54.6 Å². The van der Waals surface area contributed by atoms with E-state index >= 15 is 0 Å². The van der Waals surface area contributed by atoms with Gasteiger partial charge in [-0.15, -0.1) is 0 Å². The van der Waals surface area contributed by atoms with Gasteiger partial charge < -0.3 is 29.2 Å². The van der Waals surface area contributed by atoms with Gasteiger partial charge in [0.15, 0.2) is 11.5 Å². The van der Waals surface area contributed by atoms with Crippen molar-refractivity contribution < 1.29 is 28.5 Å². The smallest absolute Gasteiger partial charge is 0.340 e. The summed E-state index contributed by atoms with van der Waals surface area (Å²) in [5.74, 6) is 0.416. The van der Waals surface area contributed by atoms with Crippen molar-refractivity contribution in [3.63, 3.8) is 0 Å². The number of hydrogen-bond acceptors (Lipinski definition) is 7. The Morgan fingerprint density at radius 1 is 1.07 bits per heavy atom. The first-order valence-corrected chi connectivity index (χ1v) is 9.50. The molecule has 8 heteroatoms. The van der Waals surface area contributed by atoms with Gasteiger partial charge in [0.2, 0.25) is 6.79 Å². The van der Waals surface area contributed by atoms with Gasteiger partial charge in [0, 0.05) is 24.3 Å². The molecule has 2 aliphatic heterocycles. The fourth-order valence-electron chi connectivity index (χ4n) is 3.31. The first-order chi connectivity index (χ1) is 14.2. The molecule has 0 saturated carbocycles. The Balaban J connectivity index is 1.57. The number of carbonyl (C=O) groups excluding carboxylic acids is 2. The summed E-state index contributed by atoms with van der Waals surface area (Å²) in [4.78, 5) is 27.3. The second kappa shape index (κ2) is 8.40. The zero-order chi connectivity index (χ0) is 20.2. The molecule has 0 bridgehead atoms. The highest BCUT2D eigenvalue weighted by Gasteiger charge is 2.21. The molecule has 0 aromatic heterocycles. The van der Waals surface area contributed by atoms with Crippen LogP contribution in [0.15, 0.2) is 36.4 Å². The van der Waals surface area contributed by atoms with Crippen molar-refractivity contribution in [2.45, 2.75) is 6.92 Å². The molecule has 8 nitrogen and oxygen atoms in total. The number of esters is 1. The van der Waals surface area contributed by atoms with Gasteiger partial charge in [-0.3, -0.25) is 4.79 Å². The second-order valence-electron chi connectivity index (χ2n) is 6.57. The molecule has 0 radical (unpaired) electrons. The van der Waals surface area contributed by atoms with Crippen LogP contribution in [0.1, 0.15) is 27.6 Å².